The van der Waals surface area contributed by atoms with E-state index >= 15 is 0 Å². The van der Waals surface area contributed by atoms with E-state index in [9.17, 15) is 14.7 Å². The Morgan fingerprint density at radius 3 is 2.25 bits per heavy atom. The van der Waals surface area contributed by atoms with Crippen LogP contribution in [0.5, 0.6) is 0 Å². The number of amides is 2. The highest BCUT2D eigenvalue weighted by Gasteiger charge is 2.62. The van der Waals surface area contributed by atoms with E-state index in [1.165, 1.54) is 0 Å². The number of nitrogens with one attached hydrogen (secondary N) is 1. The van der Waals surface area contributed by atoms with Crippen LogP contribution in [-0.4, -0.2) is 51.8 Å². The van der Waals surface area contributed by atoms with Gasteiger partial charge in [0.1, 0.15) is 11.6 Å². The van der Waals surface area contributed by atoms with Crippen molar-refractivity contribution in [1.82, 2.24) is 10.2 Å². The lowest BCUT2D eigenvalue weighted by Crippen LogP contribution is -2.66. The molecule has 5 aliphatic carbocycles. The van der Waals surface area contributed by atoms with Crippen LogP contribution in [0.1, 0.15) is 79.1 Å². The Morgan fingerprint density at radius 1 is 1.18 bits per heavy atom. The predicted octanol–water partition coefficient (Wildman–Crippen LogP) is 3.22. The Kier molecular flexibility index (Phi) is 4.72. The molecule has 4 bridgehead atoms. The van der Waals surface area contributed by atoms with Crippen molar-refractivity contribution in [1.29, 1.82) is 0 Å². The van der Waals surface area contributed by atoms with Crippen molar-refractivity contribution in [3.05, 3.63) is 0 Å². The van der Waals surface area contributed by atoms with Gasteiger partial charge in [-0.2, -0.15) is 0 Å². The monoisotopic (exact) mass is 392 g/mol. The highest BCUT2D eigenvalue weighted by molar-refractivity contribution is 5.87. The largest absolute Gasteiger partial charge is 0.444 e. The minimum Gasteiger partial charge on any atom is -0.444 e. The van der Waals surface area contributed by atoms with Crippen LogP contribution < -0.4 is 5.32 Å². The second kappa shape index (κ2) is 6.61. The van der Waals surface area contributed by atoms with Crippen LogP contribution in [0.25, 0.3) is 0 Å². The lowest BCUT2D eigenvalue weighted by Gasteiger charge is -2.62. The Bertz CT molecular complexity index is 637. The fourth-order valence-electron chi connectivity index (χ4n) is 6.67. The van der Waals surface area contributed by atoms with Gasteiger partial charge >= 0.3 is 6.09 Å². The molecule has 0 aromatic rings. The first kappa shape index (κ1) is 20.0. The first-order valence-electron chi connectivity index (χ1n) is 11.0. The molecule has 3 atom stereocenters. The zero-order valence-electron chi connectivity index (χ0n) is 17.8. The highest BCUT2D eigenvalue weighted by atomic mass is 16.6. The van der Waals surface area contributed by atoms with Gasteiger partial charge in [0.25, 0.3) is 0 Å². The summed E-state index contributed by atoms with van der Waals surface area (Å²) in [4.78, 5) is 28.3. The van der Waals surface area contributed by atoms with E-state index in [0.29, 0.717) is 30.8 Å². The lowest BCUT2D eigenvalue weighted by atomic mass is 9.46. The quantitative estimate of drug-likeness (QED) is 0.753. The van der Waals surface area contributed by atoms with Gasteiger partial charge in [-0.05, 0) is 90.9 Å². The van der Waals surface area contributed by atoms with Crippen LogP contribution in [0.15, 0.2) is 0 Å². The number of likely N-dealkylation sites (N-methyl/N-ethyl adjacent to an activating group) is 1. The first-order chi connectivity index (χ1) is 13.0. The van der Waals surface area contributed by atoms with E-state index in [4.69, 9.17) is 4.74 Å². The number of hydrogen-bond acceptors (Lipinski definition) is 4. The molecule has 158 valence electrons. The highest BCUT2D eigenvalue weighted by Crippen LogP contribution is 2.63. The summed E-state index contributed by atoms with van der Waals surface area (Å²) in [7, 11) is 0. The molecule has 2 amide bonds. The van der Waals surface area contributed by atoms with Gasteiger partial charge in [-0.25, -0.2) is 4.79 Å². The molecule has 28 heavy (non-hydrogen) atoms. The van der Waals surface area contributed by atoms with Crippen molar-refractivity contribution in [2.75, 3.05) is 6.54 Å². The van der Waals surface area contributed by atoms with Crippen molar-refractivity contribution >= 4 is 12.0 Å². The number of carbonyl (C=O) groups excluding carboxylic acids is 2. The maximum Gasteiger partial charge on any atom is 0.408 e. The second-order valence-electron chi connectivity index (χ2n) is 11.0. The summed E-state index contributed by atoms with van der Waals surface area (Å²) in [5.74, 6) is 0.928. The molecule has 0 aromatic heterocycles. The molecule has 2 unspecified atom stereocenters. The standard InChI is InChI=1S/C22H36N2O4/c1-5-24(16-6-7-16)18(25)17(23-19(26)28-20(2,3)4)21-9-14-8-15(10-21)12-22(27,11-14)13-21/h14-17,27H,5-13H2,1-4H3,(H,23,26)/t14?,15?,17-,21?,22?/m1/s1. The van der Waals surface area contributed by atoms with E-state index in [1.54, 1.807) is 0 Å². The van der Waals surface area contributed by atoms with Gasteiger partial charge in [0.05, 0.1) is 5.60 Å². The number of aliphatic hydroxyl groups is 1. The van der Waals surface area contributed by atoms with Crippen molar-refractivity contribution in [3.8, 4) is 0 Å². The number of hydrogen-bond donors (Lipinski definition) is 2. The average Bonchev–Trinajstić information content (AvgIpc) is 3.33. The number of alkyl carbamates (subject to hydrolysis) is 1. The molecular weight excluding hydrogens is 356 g/mol. The van der Waals surface area contributed by atoms with Gasteiger partial charge in [-0.3, -0.25) is 4.79 Å². The molecule has 0 spiro atoms. The van der Waals surface area contributed by atoms with E-state index < -0.39 is 23.3 Å². The summed E-state index contributed by atoms with van der Waals surface area (Å²) in [6.07, 6.45) is 6.85. The normalized spacial score (nSPS) is 37.5. The van der Waals surface area contributed by atoms with E-state index in [0.717, 1.165) is 44.9 Å². The molecular formula is C22H36N2O4. The molecule has 6 heteroatoms. The third-order valence-electron chi connectivity index (χ3n) is 7.21. The van der Waals surface area contributed by atoms with Crippen LogP contribution in [0, 0.1) is 17.3 Å². The number of carbonyl (C=O) groups is 2. The molecule has 0 saturated heterocycles. The number of nitrogens with zero attached hydrogens (tertiary/aromatic N) is 1. The Hall–Kier alpha value is -1.30. The van der Waals surface area contributed by atoms with Crippen LogP contribution >= 0.6 is 0 Å². The zero-order valence-corrected chi connectivity index (χ0v) is 17.8. The maximum atomic E-state index is 13.7. The third kappa shape index (κ3) is 3.77. The molecule has 0 radical (unpaired) electrons. The second-order valence-corrected chi connectivity index (χ2v) is 11.0. The maximum absolute atomic E-state index is 13.7. The van der Waals surface area contributed by atoms with Crippen molar-refractivity contribution in [2.45, 2.75) is 102 Å². The molecule has 5 saturated carbocycles. The van der Waals surface area contributed by atoms with Gasteiger partial charge < -0.3 is 20.1 Å². The Morgan fingerprint density at radius 2 is 1.79 bits per heavy atom. The minimum atomic E-state index is -0.672. The fraction of sp³-hybridized carbons (Fsp3) is 0.909. The van der Waals surface area contributed by atoms with Crippen molar-refractivity contribution < 1.29 is 19.4 Å². The van der Waals surface area contributed by atoms with Crippen LogP contribution in [0.2, 0.25) is 0 Å². The minimum absolute atomic E-state index is 0.0152. The third-order valence-corrected chi connectivity index (χ3v) is 7.21. The topological polar surface area (TPSA) is 78.9 Å². The van der Waals surface area contributed by atoms with Gasteiger partial charge in [0.15, 0.2) is 0 Å². The first-order valence-corrected chi connectivity index (χ1v) is 11.0. The SMILES string of the molecule is CCN(C(=O)[C@@H](NC(=O)OC(C)(C)C)C12CC3CC(CC(O)(C3)C1)C2)C1CC1. The van der Waals surface area contributed by atoms with Crippen LogP contribution in [-0.2, 0) is 9.53 Å². The predicted molar refractivity (Wildman–Crippen MR) is 106 cm³/mol. The summed E-state index contributed by atoms with van der Waals surface area (Å²) < 4.78 is 5.51. The Labute approximate surface area is 168 Å². The molecule has 0 aromatic carbocycles. The van der Waals surface area contributed by atoms with Gasteiger partial charge in [0.2, 0.25) is 5.91 Å². The summed E-state index contributed by atoms with van der Waals surface area (Å²) in [6, 6.07) is -0.308. The van der Waals surface area contributed by atoms with Gasteiger partial charge in [-0.15, -0.1) is 0 Å². The molecule has 5 rings (SSSR count). The lowest BCUT2D eigenvalue weighted by molar-refractivity contribution is -0.180. The van der Waals surface area contributed by atoms with Gasteiger partial charge in [0, 0.05) is 18.0 Å². The molecule has 6 nitrogen and oxygen atoms in total. The summed E-state index contributed by atoms with van der Waals surface area (Å²) in [5.41, 5.74) is -1.64. The smallest absolute Gasteiger partial charge is 0.408 e. The fourth-order valence-corrected chi connectivity index (χ4v) is 6.67. The summed E-state index contributed by atoms with van der Waals surface area (Å²) in [5, 5.41) is 14.1. The average molecular weight is 393 g/mol. The molecule has 5 fully saturated rings. The summed E-state index contributed by atoms with van der Waals surface area (Å²) in [6.45, 7) is 8.16. The molecule has 0 heterocycles. The van der Waals surface area contributed by atoms with E-state index in [2.05, 4.69) is 5.32 Å². The van der Waals surface area contributed by atoms with Crippen molar-refractivity contribution in [2.24, 2.45) is 17.3 Å². The molecule has 0 aliphatic heterocycles. The van der Waals surface area contributed by atoms with Crippen LogP contribution in [0.4, 0.5) is 4.79 Å². The Balaban J connectivity index is 1.63. The van der Waals surface area contributed by atoms with E-state index in [-0.39, 0.29) is 11.3 Å². The van der Waals surface area contributed by atoms with Crippen molar-refractivity contribution in [3.63, 3.8) is 0 Å². The van der Waals surface area contributed by atoms with Crippen LogP contribution in [0.3, 0.4) is 0 Å². The number of rotatable bonds is 5. The molecule has 5 aliphatic rings. The molecule has 2 N–H and O–H groups in total. The summed E-state index contributed by atoms with van der Waals surface area (Å²) >= 11 is 0. The number of ether oxygens (including phenoxy) is 1. The van der Waals surface area contributed by atoms with Gasteiger partial charge in [-0.1, -0.05) is 0 Å². The van der Waals surface area contributed by atoms with E-state index in [1.807, 2.05) is 32.6 Å². The zero-order chi connectivity index (χ0) is 20.3.